The molecule has 0 bridgehead atoms. The van der Waals surface area contributed by atoms with Crippen molar-refractivity contribution in [3.63, 3.8) is 0 Å². The van der Waals surface area contributed by atoms with Gasteiger partial charge in [0.05, 0.1) is 5.70 Å². The first-order valence-corrected chi connectivity index (χ1v) is 4.83. The lowest BCUT2D eigenvalue weighted by atomic mass is 9.92. The van der Waals surface area contributed by atoms with Crippen LogP contribution < -0.4 is 0 Å². The number of azo groups is 1. The summed E-state index contributed by atoms with van der Waals surface area (Å²) in [6.45, 7) is 1.93. The highest BCUT2D eigenvalue weighted by molar-refractivity contribution is 6.12. The Morgan fingerprint density at radius 2 is 2.27 bits per heavy atom. The van der Waals surface area contributed by atoms with Crippen LogP contribution in [0.5, 0.6) is 5.75 Å². The highest BCUT2D eigenvalue weighted by Gasteiger charge is 2.11. The first-order chi connectivity index (χ1) is 7.16. The fourth-order valence-electron chi connectivity index (χ4n) is 1.48. The summed E-state index contributed by atoms with van der Waals surface area (Å²) in [5.74, 6) is -0.0167. The summed E-state index contributed by atoms with van der Waals surface area (Å²) in [6, 6.07) is 5.48. The molecule has 0 aliphatic carbocycles. The summed E-state index contributed by atoms with van der Waals surface area (Å²) in [7, 11) is 5.57. The third kappa shape index (κ3) is 2.09. The molecule has 1 aromatic rings. The molecule has 1 heterocycles. The Morgan fingerprint density at radius 1 is 1.47 bits per heavy atom. The van der Waals surface area contributed by atoms with Crippen LogP contribution in [0, 0.1) is 6.92 Å². The van der Waals surface area contributed by atoms with E-state index in [1.165, 1.54) is 0 Å². The molecule has 0 amide bonds. The van der Waals surface area contributed by atoms with Crippen molar-refractivity contribution >= 4 is 13.5 Å². The molecule has 2 rings (SSSR count). The van der Waals surface area contributed by atoms with Crippen molar-refractivity contribution in [2.45, 2.75) is 19.3 Å². The molecule has 3 nitrogen and oxygen atoms in total. The van der Waals surface area contributed by atoms with E-state index in [2.05, 4.69) is 10.2 Å². The molecule has 1 aromatic carbocycles. The van der Waals surface area contributed by atoms with E-state index in [-0.39, 0.29) is 11.7 Å². The molecule has 74 valence electrons. The van der Waals surface area contributed by atoms with E-state index < -0.39 is 0 Å². The van der Waals surface area contributed by atoms with Crippen LogP contribution in [-0.4, -0.2) is 18.9 Å². The second kappa shape index (κ2) is 3.89. The van der Waals surface area contributed by atoms with Crippen LogP contribution in [0.25, 0.3) is 5.70 Å². The smallest absolute Gasteiger partial charge is 0.125 e. The third-order valence-electron chi connectivity index (χ3n) is 2.30. The lowest BCUT2D eigenvalue weighted by Crippen LogP contribution is -2.04. The van der Waals surface area contributed by atoms with E-state index >= 15 is 0 Å². The van der Waals surface area contributed by atoms with Gasteiger partial charge in [0.2, 0.25) is 0 Å². The van der Waals surface area contributed by atoms with Crippen molar-refractivity contribution in [1.29, 1.82) is 0 Å². The van der Waals surface area contributed by atoms with E-state index in [1.807, 2.05) is 25.1 Å². The van der Waals surface area contributed by atoms with Gasteiger partial charge in [-0.1, -0.05) is 12.1 Å². The van der Waals surface area contributed by atoms with Crippen LogP contribution in [0.3, 0.4) is 0 Å². The lowest BCUT2D eigenvalue weighted by Gasteiger charge is -2.11. The normalized spacial score (nSPS) is 20.1. The molecule has 0 fully saturated rings. The minimum Gasteiger partial charge on any atom is -0.507 e. The van der Waals surface area contributed by atoms with E-state index in [0.717, 1.165) is 5.56 Å². The van der Waals surface area contributed by atoms with Gasteiger partial charge >= 0.3 is 0 Å². The number of aromatic hydroxyl groups is 1. The zero-order valence-electron chi connectivity index (χ0n) is 8.51. The van der Waals surface area contributed by atoms with E-state index in [1.54, 1.807) is 6.07 Å². The molecule has 0 aromatic heterocycles. The molecule has 15 heavy (non-hydrogen) atoms. The molecule has 1 N–H and O–H groups in total. The zero-order chi connectivity index (χ0) is 10.8. The minimum absolute atomic E-state index is 0.232. The van der Waals surface area contributed by atoms with Crippen molar-refractivity contribution in [2.24, 2.45) is 10.2 Å². The summed E-state index contributed by atoms with van der Waals surface area (Å²) < 4.78 is 0. The van der Waals surface area contributed by atoms with Crippen molar-refractivity contribution in [3.05, 3.63) is 35.4 Å². The molecule has 1 unspecified atom stereocenters. The first-order valence-electron chi connectivity index (χ1n) is 4.83. The number of aryl methyl sites for hydroxylation is 1. The van der Waals surface area contributed by atoms with Gasteiger partial charge < -0.3 is 5.11 Å². The molecule has 1 atom stereocenters. The molecule has 2 radical (unpaired) electrons. The van der Waals surface area contributed by atoms with Crippen molar-refractivity contribution in [1.82, 2.24) is 0 Å². The van der Waals surface area contributed by atoms with Gasteiger partial charge in [0.25, 0.3) is 0 Å². The Morgan fingerprint density at radius 3 is 2.87 bits per heavy atom. The summed E-state index contributed by atoms with van der Waals surface area (Å²) >= 11 is 0. The standard InChI is InChI=1S/C11H11BN2O/c1-7-2-3-8(10(15)6-7)9-4-5-11(12)14-13-9/h2-4,6,11,15H,5H2,1H3. The Bertz CT molecular complexity index is 440. The van der Waals surface area contributed by atoms with Gasteiger partial charge in [-0.2, -0.15) is 10.2 Å². The summed E-state index contributed by atoms with van der Waals surface area (Å²) in [6.07, 6.45) is 2.55. The number of nitrogens with zero attached hydrogens (tertiary/aromatic N) is 2. The zero-order valence-corrected chi connectivity index (χ0v) is 8.51. The van der Waals surface area contributed by atoms with Crippen molar-refractivity contribution in [3.8, 4) is 5.75 Å². The van der Waals surface area contributed by atoms with Crippen molar-refractivity contribution in [2.75, 3.05) is 0 Å². The highest BCUT2D eigenvalue weighted by Crippen LogP contribution is 2.29. The van der Waals surface area contributed by atoms with Gasteiger partial charge in [0, 0.05) is 11.5 Å². The van der Waals surface area contributed by atoms with Crippen LogP contribution in [0.4, 0.5) is 0 Å². The van der Waals surface area contributed by atoms with E-state index in [0.29, 0.717) is 17.7 Å². The second-order valence-corrected chi connectivity index (χ2v) is 3.63. The highest BCUT2D eigenvalue weighted by atomic mass is 16.3. The number of rotatable bonds is 1. The van der Waals surface area contributed by atoms with E-state index in [4.69, 9.17) is 7.85 Å². The second-order valence-electron chi connectivity index (χ2n) is 3.63. The molecular weight excluding hydrogens is 187 g/mol. The van der Waals surface area contributed by atoms with Gasteiger partial charge in [-0.3, -0.25) is 0 Å². The summed E-state index contributed by atoms with van der Waals surface area (Å²) in [5, 5.41) is 17.6. The number of hydrogen-bond donors (Lipinski definition) is 1. The Labute approximate surface area is 90.0 Å². The van der Waals surface area contributed by atoms with Gasteiger partial charge in [-0.25, -0.2) is 0 Å². The SMILES string of the molecule is [B]C1CC=C(c2ccc(C)cc2O)N=N1. The maximum absolute atomic E-state index is 9.74. The number of benzene rings is 1. The number of hydrogen-bond acceptors (Lipinski definition) is 3. The molecule has 1 aliphatic heterocycles. The largest absolute Gasteiger partial charge is 0.507 e. The maximum Gasteiger partial charge on any atom is 0.125 e. The monoisotopic (exact) mass is 198 g/mol. The Kier molecular flexibility index (Phi) is 2.58. The molecule has 0 saturated heterocycles. The predicted molar refractivity (Wildman–Crippen MR) is 59.8 cm³/mol. The topological polar surface area (TPSA) is 45.0 Å². The van der Waals surface area contributed by atoms with Gasteiger partial charge in [0.1, 0.15) is 13.6 Å². The lowest BCUT2D eigenvalue weighted by molar-refractivity contribution is 0.473. The van der Waals surface area contributed by atoms with Crippen LogP contribution in [0.15, 0.2) is 34.5 Å². The number of phenolic OH excluding ortho intramolecular Hbond substituents is 1. The van der Waals surface area contributed by atoms with Crippen molar-refractivity contribution < 1.29 is 5.11 Å². The van der Waals surface area contributed by atoms with Crippen LogP contribution in [-0.2, 0) is 0 Å². The fourth-order valence-corrected chi connectivity index (χ4v) is 1.48. The third-order valence-corrected chi connectivity index (χ3v) is 2.30. The molecule has 0 saturated carbocycles. The Balaban J connectivity index is 2.35. The van der Waals surface area contributed by atoms with E-state index in [9.17, 15) is 5.11 Å². The molecule has 0 spiro atoms. The average molecular weight is 198 g/mol. The molecule has 1 aliphatic rings. The van der Waals surface area contributed by atoms with Crippen LogP contribution in [0.2, 0.25) is 0 Å². The van der Waals surface area contributed by atoms with Gasteiger partial charge in [-0.05, 0) is 31.0 Å². The van der Waals surface area contributed by atoms with Gasteiger partial charge in [0.15, 0.2) is 0 Å². The first kappa shape index (κ1) is 9.96. The Hall–Kier alpha value is -1.58. The maximum atomic E-state index is 9.74. The van der Waals surface area contributed by atoms with Crippen LogP contribution >= 0.6 is 0 Å². The van der Waals surface area contributed by atoms with Gasteiger partial charge in [-0.15, -0.1) is 0 Å². The van der Waals surface area contributed by atoms with Crippen LogP contribution in [0.1, 0.15) is 17.5 Å². The summed E-state index contributed by atoms with van der Waals surface area (Å²) in [5.41, 5.74) is 2.41. The number of phenols is 1. The predicted octanol–water partition coefficient (Wildman–Crippen LogP) is 2.39. The minimum atomic E-state index is -0.249. The average Bonchev–Trinajstić information content (AvgIpc) is 2.20. The molecule has 4 heteroatoms. The molecular formula is C11H11BN2O. The fraction of sp³-hybridized carbons (Fsp3) is 0.273. The summed E-state index contributed by atoms with van der Waals surface area (Å²) in [4.78, 5) is 0. The quantitative estimate of drug-likeness (QED) is 0.691.